The Bertz CT molecular complexity index is 888. The largest absolute Gasteiger partial charge is 0.424 e. The second-order valence-corrected chi connectivity index (χ2v) is 8.73. The Kier molecular flexibility index (Phi) is 6.58. The molecule has 9 heteroatoms. The van der Waals surface area contributed by atoms with Crippen molar-refractivity contribution >= 4 is 15.9 Å². The number of nitrogens with one attached hydrogen (secondary N) is 1. The third kappa shape index (κ3) is 5.26. The lowest BCUT2D eigenvalue weighted by Gasteiger charge is -2.32. The molecule has 1 atom stereocenters. The number of hydrogen-bond acceptors (Lipinski definition) is 6. The van der Waals surface area contributed by atoms with E-state index in [1.54, 1.807) is 47.0 Å². The van der Waals surface area contributed by atoms with E-state index in [4.69, 9.17) is 4.74 Å². The number of ether oxygens (including phenoxy) is 1. The summed E-state index contributed by atoms with van der Waals surface area (Å²) in [6.45, 7) is 2.56. The maximum absolute atomic E-state index is 12.5. The lowest BCUT2D eigenvalue weighted by Crippen LogP contribution is -2.45. The van der Waals surface area contributed by atoms with Gasteiger partial charge in [-0.25, -0.2) is 18.4 Å². The van der Waals surface area contributed by atoms with Crippen LogP contribution in [0, 0.1) is 0 Å². The van der Waals surface area contributed by atoms with Gasteiger partial charge in [-0.1, -0.05) is 6.42 Å². The van der Waals surface area contributed by atoms with E-state index in [0.717, 1.165) is 19.3 Å². The Morgan fingerprint density at radius 1 is 1.21 bits per heavy atom. The molecule has 8 nitrogen and oxygen atoms in total. The van der Waals surface area contributed by atoms with Gasteiger partial charge in [-0.3, -0.25) is 4.79 Å². The fraction of sp³-hybridized carbons (Fsp3) is 0.421. The summed E-state index contributed by atoms with van der Waals surface area (Å²) in [6, 6.07) is 8.41. The number of benzene rings is 1. The highest BCUT2D eigenvalue weighted by molar-refractivity contribution is 7.89. The molecular formula is C19H24N4O4S. The number of carbonyl (C=O) groups excluding carboxylic acids is 1. The summed E-state index contributed by atoms with van der Waals surface area (Å²) in [5.41, 5.74) is 0.421. The van der Waals surface area contributed by atoms with E-state index in [-0.39, 0.29) is 30.3 Å². The van der Waals surface area contributed by atoms with Crippen LogP contribution in [-0.2, 0) is 10.0 Å². The first-order valence-electron chi connectivity index (χ1n) is 9.28. The molecule has 1 N–H and O–H groups in total. The first-order chi connectivity index (χ1) is 13.5. The molecule has 150 valence electrons. The maximum atomic E-state index is 12.5. The van der Waals surface area contributed by atoms with Gasteiger partial charge < -0.3 is 10.1 Å². The molecule has 0 saturated carbocycles. The van der Waals surface area contributed by atoms with Crippen molar-refractivity contribution in [1.29, 1.82) is 0 Å². The molecule has 1 aromatic carbocycles. The van der Waals surface area contributed by atoms with Gasteiger partial charge in [-0.15, -0.1) is 0 Å². The lowest BCUT2D eigenvalue weighted by molar-refractivity contribution is 0.0956. The molecule has 2 aromatic rings. The fourth-order valence-corrected chi connectivity index (χ4v) is 4.77. The number of piperidine rings is 1. The predicted octanol–water partition coefficient (Wildman–Crippen LogP) is 2.20. The van der Waals surface area contributed by atoms with Crippen molar-refractivity contribution < 1.29 is 17.9 Å². The summed E-state index contributed by atoms with van der Waals surface area (Å²) < 4.78 is 32.0. The molecule has 1 aliphatic heterocycles. The van der Waals surface area contributed by atoms with E-state index in [2.05, 4.69) is 15.3 Å². The smallest absolute Gasteiger partial charge is 0.321 e. The van der Waals surface area contributed by atoms with Crippen LogP contribution in [0.1, 0.15) is 36.5 Å². The van der Waals surface area contributed by atoms with E-state index in [0.29, 0.717) is 17.9 Å². The van der Waals surface area contributed by atoms with Gasteiger partial charge in [-0.05, 0) is 50.1 Å². The summed E-state index contributed by atoms with van der Waals surface area (Å²) in [5.74, 6) is 0.0733. The van der Waals surface area contributed by atoms with Crippen molar-refractivity contribution in [3.05, 3.63) is 48.3 Å². The van der Waals surface area contributed by atoms with Crippen molar-refractivity contribution in [2.24, 2.45) is 0 Å². The molecule has 1 aromatic heterocycles. The molecule has 1 fully saturated rings. The van der Waals surface area contributed by atoms with Crippen molar-refractivity contribution in [2.45, 2.75) is 32.2 Å². The number of carbonyl (C=O) groups is 1. The van der Waals surface area contributed by atoms with Crippen molar-refractivity contribution in [3.63, 3.8) is 0 Å². The predicted molar refractivity (Wildman–Crippen MR) is 105 cm³/mol. The summed E-state index contributed by atoms with van der Waals surface area (Å²) >= 11 is 0. The number of sulfonamides is 1. The summed E-state index contributed by atoms with van der Waals surface area (Å²) in [4.78, 5) is 20.2. The van der Waals surface area contributed by atoms with Crippen LogP contribution in [0.15, 0.2) is 42.7 Å². The second kappa shape index (κ2) is 9.11. The molecule has 0 bridgehead atoms. The minimum atomic E-state index is -3.37. The molecule has 1 aliphatic rings. The topological polar surface area (TPSA) is 101 Å². The zero-order valence-electron chi connectivity index (χ0n) is 15.7. The molecule has 1 saturated heterocycles. The van der Waals surface area contributed by atoms with Gasteiger partial charge in [0.25, 0.3) is 5.91 Å². The van der Waals surface area contributed by atoms with Crippen LogP contribution in [0.25, 0.3) is 0 Å². The Labute approximate surface area is 165 Å². The molecule has 28 heavy (non-hydrogen) atoms. The third-order valence-corrected chi connectivity index (χ3v) is 6.59. The van der Waals surface area contributed by atoms with Crippen LogP contribution in [0.5, 0.6) is 11.8 Å². The van der Waals surface area contributed by atoms with Crippen LogP contribution in [0.2, 0.25) is 0 Å². The van der Waals surface area contributed by atoms with Gasteiger partial charge >= 0.3 is 6.01 Å². The first-order valence-corrected chi connectivity index (χ1v) is 10.9. The Morgan fingerprint density at radius 3 is 2.61 bits per heavy atom. The number of aromatic nitrogens is 2. The molecule has 1 amide bonds. The van der Waals surface area contributed by atoms with Gasteiger partial charge in [-0.2, -0.15) is 4.31 Å². The minimum absolute atomic E-state index is 0.0237. The summed E-state index contributed by atoms with van der Waals surface area (Å²) in [5, 5.41) is 2.67. The summed E-state index contributed by atoms with van der Waals surface area (Å²) in [6.07, 6.45) is 5.97. The SMILES string of the molecule is C[C@@H]1CCCCN1S(=O)(=O)CCNC(=O)c1ccc(Oc2ncccn2)cc1. The van der Waals surface area contributed by atoms with Crippen LogP contribution in [0.3, 0.4) is 0 Å². The number of hydrogen-bond donors (Lipinski definition) is 1. The normalized spacial score (nSPS) is 17.8. The number of nitrogens with zero attached hydrogens (tertiary/aromatic N) is 3. The van der Waals surface area contributed by atoms with Crippen LogP contribution in [0.4, 0.5) is 0 Å². The summed E-state index contributed by atoms with van der Waals surface area (Å²) in [7, 11) is -3.37. The molecular weight excluding hydrogens is 380 g/mol. The standard InChI is InChI=1S/C19H24N4O4S/c1-15-5-2-3-13-23(15)28(25,26)14-12-20-18(24)16-6-8-17(9-7-16)27-19-21-10-4-11-22-19/h4,6-11,15H,2-3,5,12-14H2,1H3,(H,20,24)/t15-/m1/s1. The Morgan fingerprint density at radius 2 is 1.93 bits per heavy atom. The monoisotopic (exact) mass is 404 g/mol. The minimum Gasteiger partial charge on any atom is -0.424 e. The molecule has 0 unspecified atom stereocenters. The molecule has 3 rings (SSSR count). The second-order valence-electron chi connectivity index (χ2n) is 6.69. The molecule has 0 aliphatic carbocycles. The van der Waals surface area contributed by atoms with Crippen LogP contribution < -0.4 is 10.1 Å². The van der Waals surface area contributed by atoms with Gasteiger partial charge in [0.05, 0.1) is 5.75 Å². The maximum Gasteiger partial charge on any atom is 0.321 e. The fourth-order valence-electron chi connectivity index (χ4n) is 3.12. The molecule has 0 spiro atoms. The highest BCUT2D eigenvalue weighted by Crippen LogP contribution is 2.20. The Hall–Kier alpha value is -2.52. The molecule has 2 heterocycles. The molecule has 0 radical (unpaired) electrons. The van der Waals surface area contributed by atoms with E-state index in [1.807, 2.05) is 6.92 Å². The van der Waals surface area contributed by atoms with Gasteiger partial charge in [0.1, 0.15) is 5.75 Å². The third-order valence-electron chi connectivity index (χ3n) is 4.61. The van der Waals surface area contributed by atoms with Gasteiger partial charge in [0.15, 0.2) is 0 Å². The average Bonchev–Trinajstić information content (AvgIpc) is 2.69. The lowest BCUT2D eigenvalue weighted by atomic mass is 10.1. The van der Waals surface area contributed by atoms with Crippen LogP contribution >= 0.6 is 0 Å². The first kappa shape index (κ1) is 20.2. The van der Waals surface area contributed by atoms with Crippen molar-refractivity contribution in [1.82, 2.24) is 19.6 Å². The number of rotatable bonds is 7. The van der Waals surface area contributed by atoms with Gasteiger partial charge in [0.2, 0.25) is 10.0 Å². The van der Waals surface area contributed by atoms with E-state index in [1.165, 1.54) is 0 Å². The van der Waals surface area contributed by atoms with E-state index >= 15 is 0 Å². The van der Waals surface area contributed by atoms with E-state index < -0.39 is 10.0 Å². The zero-order chi connectivity index (χ0) is 20.0. The number of amides is 1. The van der Waals surface area contributed by atoms with Crippen molar-refractivity contribution in [2.75, 3.05) is 18.8 Å². The zero-order valence-corrected chi connectivity index (χ0v) is 16.6. The van der Waals surface area contributed by atoms with Crippen LogP contribution in [-0.4, -0.2) is 53.5 Å². The van der Waals surface area contributed by atoms with E-state index in [9.17, 15) is 13.2 Å². The highest BCUT2D eigenvalue weighted by atomic mass is 32.2. The highest BCUT2D eigenvalue weighted by Gasteiger charge is 2.29. The quantitative estimate of drug-likeness (QED) is 0.759. The average molecular weight is 404 g/mol. The Balaban J connectivity index is 1.50. The van der Waals surface area contributed by atoms with Gasteiger partial charge in [0, 0.05) is 37.1 Å². The van der Waals surface area contributed by atoms with Crippen molar-refractivity contribution in [3.8, 4) is 11.8 Å².